The average Bonchev–Trinajstić information content (AvgIpc) is 2.44. The minimum Gasteiger partial charge on any atom is -0.427 e. The molecule has 0 bridgehead atoms. The van der Waals surface area contributed by atoms with Crippen molar-refractivity contribution in [2.24, 2.45) is 0 Å². The Morgan fingerprint density at radius 2 is 2.14 bits per heavy atom. The van der Waals surface area contributed by atoms with E-state index in [1.54, 1.807) is 12.1 Å². The summed E-state index contributed by atoms with van der Waals surface area (Å²) in [4.78, 5) is 4.85. The second-order valence-electron chi connectivity index (χ2n) is 4.21. The highest BCUT2D eigenvalue weighted by molar-refractivity contribution is 7.98. The Morgan fingerprint density at radius 1 is 1.43 bits per heavy atom. The van der Waals surface area contributed by atoms with E-state index in [1.165, 1.54) is 18.0 Å². The number of nitrogens with one attached hydrogen (secondary N) is 1. The van der Waals surface area contributed by atoms with Crippen LogP contribution in [0.5, 0.6) is 0 Å². The predicted molar refractivity (Wildman–Crippen MR) is 80.7 cm³/mol. The first-order valence-corrected chi connectivity index (χ1v) is 7.51. The summed E-state index contributed by atoms with van der Waals surface area (Å²) >= 11 is 13.5. The van der Waals surface area contributed by atoms with Gasteiger partial charge in [-0.05, 0) is 24.6 Å². The van der Waals surface area contributed by atoms with E-state index >= 15 is 0 Å². The van der Waals surface area contributed by atoms with Crippen LogP contribution >= 0.6 is 35.0 Å². The van der Waals surface area contributed by atoms with Crippen molar-refractivity contribution in [3.05, 3.63) is 50.8 Å². The van der Waals surface area contributed by atoms with Gasteiger partial charge in [0.15, 0.2) is 11.2 Å². The second kappa shape index (κ2) is 6.39. The third-order valence-electron chi connectivity index (χ3n) is 2.67. The van der Waals surface area contributed by atoms with Crippen LogP contribution in [0.15, 0.2) is 23.2 Å². The molecule has 8 heteroatoms. The lowest BCUT2D eigenvalue weighted by Crippen LogP contribution is -2.23. The first kappa shape index (κ1) is 15.7. The topological polar surface area (TPSA) is 85.7 Å². The van der Waals surface area contributed by atoms with Crippen LogP contribution in [0.25, 0.3) is 0 Å². The summed E-state index contributed by atoms with van der Waals surface area (Å²) in [5.74, 6) is 0.399. The SMILES string of the molecule is Cc1cc(SCc2cn(O)c(=N)c(C#N)n2)c(Cl)cc1Cl. The number of thioether (sulfide) groups is 1. The van der Waals surface area contributed by atoms with Crippen molar-refractivity contribution >= 4 is 35.0 Å². The van der Waals surface area contributed by atoms with E-state index in [0.29, 0.717) is 26.2 Å². The van der Waals surface area contributed by atoms with Crippen molar-refractivity contribution in [3.63, 3.8) is 0 Å². The lowest BCUT2D eigenvalue weighted by Gasteiger charge is -2.08. The lowest BCUT2D eigenvalue weighted by molar-refractivity contribution is 0.168. The molecule has 0 aliphatic heterocycles. The molecule has 0 unspecified atom stereocenters. The Morgan fingerprint density at radius 3 is 2.81 bits per heavy atom. The van der Waals surface area contributed by atoms with Gasteiger partial charge >= 0.3 is 0 Å². The molecular weight excluding hydrogens is 331 g/mol. The molecule has 0 radical (unpaired) electrons. The number of halogens is 2. The normalized spacial score (nSPS) is 10.4. The molecule has 0 aliphatic rings. The molecule has 0 spiro atoms. The Bertz CT molecular complexity index is 798. The third kappa shape index (κ3) is 3.50. The van der Waals surface area contributed by atoms with E-state index in [2.05, 4.69) is 4.98 Å². The van der Waals surface area contributed by atoms with E-state index in [1.807, 2.05) is 13.0 Å². The Kier molecular flexibility index (Phi) is 4.78. The fourth-order valence-corrected chi connectivity index (χ4v) is 3.03. The first-order valence-electron chi connectivity index (χ1n) is 5.77. The molecule has 0 saturated heterocycles. The molecule has 1 aromatic carbocycles. The van der Waals surface area contributed by atoms with Crippen LogP contribution in [0.1, 0.15) is 17.0 Å². The summed E-state index contributed by atoms with van der Waals surface area (Å²) in [6, 6.07) is 5.31. The van der Waals surface area contributed by atoms with Gasteiger partial charge in [-0.25, -0.2) is 4.98 Å². The van der Waals surface area contributed by atoms with Crippen LogP contribution in [0.4, 0.5) is 0 Å². The van der Waals surface area contributed by atoms with Gasteiger partial charge < -0.3 is 5.21 Å². The van der Waals surface area contributed by atoms with Gasteiger partial charge in [-0.15, -0.1) is 11.8 Å². The maximum Gasteiger partial charge on any atom is 0.197 e. The minimum atomic E-state index is -0.341. The Balaban J connectivity index is 2.25. The number of hydrogen-bond acceptors (Lipinski definition) is 5. The van der Waals surface area contributed by atoms with Gasteiger partial charge in [-0.3, -0.25) is 5.41 Å². The summed E-state index contributed by atoms with van der Waals surface area (Å²) in [6.45, 7) is 1.88. The molecule has 0 aliphatic carbocycles. The fourth-order valence-electron chi connectivity index (χ4n) is 1.58. The zero-order valence-electron chi connectivity index (χ0n) is 10.9. The molecule has 5 nitrogen and oxygen atoms in total. The molecule has 0 fully saturated rings. The molecule has 2 N–H and O–H groups in total. The van der Waals surface area contributed by atoms with Crippen LogP contribution in [0, 0.1) is 23.7 Å². The van der Waals surface area contributed by atoms with Crippen molar-refractivity contribution < 1.29 is 5.21 Å². The van der Waals surface area contributed by atoms with Crippen molar-refractivity contribution in [3.8, 4) is 6.07 Å². The summed E-state index contributed by atoms with van der Waals surface area (Å²) in [5.41, 5.74) is 0.910. The summed E-state index contributed by atoms with van der Waals surface area (Å²) in [6.07, 6.45) is 1.30. The van der Waals surface area contributed by atoms with E-state index in [4.69, 9.17) is 33.9 Å². The molecule has 21 heavy (non-hydrogen) atoms. The number of aryl methyl sites for hydroxylation is 1. The summed E-state index contributed by atoms with van der Waals surface area (Å²) in [5, 5.41) is 27.0. The van der Waals surface area contributed by atoms with E-state index < -0.39 is 0 Å². The highest BCUT2D eigenvalue weighted by Crippen LogP contribution is 2.33. The number of hydrogen-bond donors (Lipinski definition) is 2. The highest BCUT2D eigenvalue weighted by atomic mass is 35.5. The first-order chi connectivity index (χ1) is 9.92. The van der Waals surface area contributed by atoms with Gasteiger partial charge in [0.25, 0.3) is 0 Å². The van der Waals surface area contributed by atoms with Crippen molar-refractivity contribution in [1.29, 1.82) is 10.7 Å². The smallest absolute Gasteiger partial charge is 0.197 e. The van der Waals surface area contributed by atoms with Crippen LogP contribution < -0.4 is 5.49 Å². The summed E-state index contributed by atoms with van der Waals surface area (Å²) in [7, 11) is 0. The molecular formula is C13H10Cl2N4OS. The number of benzene rings is 1. The van der Waals surface area contributed by atoms with Gasteiger partial charge in [-0.1, -0.05) is 23.2 Å². The molecule has 1 heterocycles. The van der Waals surface area contributed by atoms with E-state index in [9.17, 15) is 5.21 Å². The van der Waals surface area contributed by atoms with Gasteiger partial charge in [0.1, 0.15) is 6.07 Å². The summed E-state index contributed by atoms with van der Waals surface area (Å²) < 4.78 is 0.580. The van der Waals surface area contributed by atoms with Crippen molar-refractivity contribution in [2.45, 2.75) is 17.6 Å². The number of nitrogens with zero attached hydrogens (tertiary/aromatic N) is 3. The fraction of sp³-hybridized carbons (Fsp3) is 0.154. The number of nitriles is 1. The highest BCUT2D eigenvalue weighted by Gasteiger charge is 2.09. The molecule has 0 amide bonds. The van der Waals surface area contributed by atoms with Crippen LogP contribution in [-0.2, 0) is 5.75 Å². The molecule has 1 aromatic heterocycles. The van der Waals surface area contributed by atoms with Gasteiger partial charge in [-0.2, -0.15) is 9.99 Å². The predicted octanol–water partition coefficient (Wildman–Crippen LogP) is 3.38. The zero-order chi connectivity index (χ0) is 15.6. The van der Waals surface area contributed by atoms with E-state index in [-0.39, 0.29) is 11.2 Å². The van der Waals surface area contributed by atoms with E-state index in [0.717, 1.165) is 10.5 Å². The van der Waals surface area contributed by atoms with Crippen LogP contribution in [-0.4, -0.2) is 14.9 Å². The Labute approximate surface area is 135 Å². The van der Waals surface area contributed by atoms with Crippen molar-refractivity contribution in [2.75, 3.05) is 0 Å². The van der Waals surface area contributed by atoms with Crippen LogP contribution in [0.2, 0.25) is 10.0 Å². The maximum absolute atomic E-state index is 9.53. The van der Waals surface area contributed by atoms with Gasteiger partial charge in [0, 0.05) is 15.7 Å². The number of aromatic nitrogens is 2. The third-order valence-corrected chi connectivity index (χ3v) is 4.60. The average molecular weight is 341 g/mol. The van der Waals surface area contributed by atoms with Crippen molar-refractivity contribution in [1.82, 2.24) is 9.71 Å². The quantitative estimate of drug-likeness (QED) is 0.662. The molecule has 0 saturated carbocycles. The monoisotopic (exact) mass is 340 g/mol. The van der Waals surface area contributed by atoms with Gasteiger partial charge in [0.05, 0.1) is 16.9 Å². The minimum absolute atomic E-state index is 0.131. The largest absolute Gasteiger partial charge is 0.427 e. The molecule has 2 aromatic rings. The maximum atomic E-state index is 9.53. The number of rotatable bonds is 3. The zero-order valence-corrected chi connectivity index (χ0v) is 13.2. The van der Waals surface area contributed by atoms with Gasteiger partial charge in [0.2, 0.25) is 0 Å². The standard InChI is InChI=1S/C13H10Cl2N4OS/c1-7-2-12(10(15)3-9(7)14)21-6-8-5-19(20)13(17)11(4-16)18-8/h2-3,5,17,20H,6H2,1H3. The van der Waals surface area contributed by atoms with Crippen LogP contribution in [0.3, 0.4) is 0 Å². The Hall–Kier alpha value is -1.68. The lowest BCUT2D eigenvalue weighted by atomic mass is 10.2. The molecule has 0 atom stereocenters. The molecule has 2 rings (SSSR count). The second-order valence-corrected chi connectivity index (χ2v) is 6.04. The molecule has 108 valence electrons.